The van der Waals surface area contributed by atoms with E-state index in [0.717, 1.165) is 0 Å². The number of carbonyl (C=O) groups excluding carboxylic acids is 1. The van der Waals surface area contributed by atoms with Crippen LogP contribution >= 0.6 is 0 Å². The van der Waals surface area contributed by atoms with Crippen LogP contribution in [0.4, 0.5) is 10.5 Å². The van der Waals surface area contributed by atoms with Crippen molar-refractivity contribution in [3.8, 4) is 11.5 Å². The molecule has 9 heteroatoms. The molecule has 0 bridgehead atoms. The van der Waals surface area contributed by atoms with Gasteiger partial charge in [0.25, 0.3) is 5.56 Å². The Balaban J connectivity index is 1.71. The van der Waals surface area contributed by atoms with Gasteiger partial charge in [0.1, 0.15) is 17.0 Å². The van der Waals surface area contributed by atoms with Crippen LogP contribution in [0.3, 0.4) is 0 Å². The van der Waals surface area contributed by atoms with Gasteiger partial charge in [-0.1, -0.05) is 24.3 Å². The molecule has 2 aromatic carbocycles. The number of hydrogen-bond acceptors (Lipinski definition) is 6. The highest BCUT2D eigenvalue weighted by Gasteiger charge is 2.15. The molecule has 0 saturated heterocycles. The summed E-state index contributed by atoms with van der Waals surface area (Å²) in [6.45, 7) is 2.13. The highest BCUT2D eigenvalue weighted by atomic mass is 16.5. The lowest BCUT2D eigenvalue weighted by atomic mass is 10.2. The fourth-order valence-electron chi connectivity index (χ4n) is 2.86. The minimum Gasteiger partial charge on any atom is -0.497 e. The van der Waals surface area contributed by atoms with E-state index < -0.39 is 6.03 Å². The first-order valence-corrected chi connectivity index (χ1v) is 9.17. The van der Waals surface area contributed by atoms with Crippen molar-refractivity contribution >= 4 is 22.6 Å². The number of benzene rings is 2. The molecule has 3 rings (SSSR count). The van der Waals surface area contributed by atoms with E-state index >= 15 is 0 Å². The number of rotatable bonds is 7. The number of nitrogens with zero attached hydrogens (tertiary/aromatic N) is 3. The lowest BCUT2D eigenvalue weighted by molar-refractivity contribution is 0.245. The van der Waals surface area contributed by atoms with Crippen LogP contribution in [0.5, 0.6) is 11.5 Å². The quantitative estimate of drug-likeness (QED) is 0.634. The summed E-state index contributed by atoms with van der Waals surface area (Å²) in [7, 11) is 3.07. The van der Waals surface area contributed by atoms with Crippen molar-refractivity contribution in [3.05, 3.63) is 52.8 Å². The molecule has 0 aliphatic heterocycles. The molecule has 0 radical (unpaired) electrons. The van der Waals surface area contributed by atoms with Crippen molar-refractivity contribution in [2.45, 2.75) is 25.9 Å². The molecule has 1 atom stereocenters. The number of hydrogen-bond donors (Lipinski definition) is 2. The average molecular weight is 397 g/mol. The van der Waals surface area contributed by atoms with Crippen LogP contribution in [-0.4, -0.2) is 41.3 Å². The van der Waals surface area contributed by atoms with Crippen molar-refractivity contribution in [2.24, 2.45) is 0 Å². The third-order valence-corrected chi connectivity index (χ3v) is 4.46. The number of nitrogens with one attached hydrogen (secondary N) is 2. The van der Waals surface area contributed by atoms with E-state index in [1.54, 1.807) is 42.5 Å². The number of anilines is 1. The fraction of sp³-hybridized carbons (Fsp3) is 0.300. The molecule has 0 aliphatic rings. The van der Waals surface area contributed by atoms with Crippen molar-refractivity contribution in [1.29, 1.82) is 0 Å². The van der Waals surface area contributed by atoms with Gasteiger partial charge in [-0.2, -0.15) is 0 Å². The van der Waals surface area contributed by atoms with Crippen LogP contribution in [0, 0.1) is 0 Å². The predicted molar refractivity (Wildman–Crippen MR) is 110 cm³/mol. The minimum atomic E-state index is -0.408. The number of aromatic nitrogens is 3. The van der Waals surface area contributed by atoms with Gasteiger partial charge in [-0.15, -0.1) is 5.10 Å². The lowest BCUT2D eigenvalue weighted by Gasteiger charge is -2.18. The van der Waals surface area contributed by atoms with E-state index in [-0.39, 0.29) is 18.1 Å². The first-order valence-electron chi connectivity index (χ1n) is 9.17. The molecular formula is C20H23N5O4. The zero-order valence-corrected chi connectivity index (χ0v) is 16.5. The van der Waals surface area contributed by atoms with Crippen molar-refractivity contribution in [1.82, 2.24) is 20.3 Å². The van der Waals surface area contributed by atoms with Gasteiger partial charge in [0.2, 0.25) is 0 Å². The third-order valence-electron chi connectivity index (χ3n) is 4.46. The van der Waals surface area contributed by atoms with Crippen LogP contribution < -0.4 is 25.7 Å². The second-order valence-electron chi connectivity index (χ2n) is 6.40. The summed E-state index contributed by atoms with van der Waals surface area (Å²) in [6.07, 6.45) is 0.607. The summed E-state index contributed by atoms with van der Waals surface area (Å²) in [5, 5.41) is 14.1. The van der Waals surface area contributed by atoms with Gasteiger partial charge >= 0.3 is 6.03 Å². The summed E-state index contributed by atoms with van der Waals surface area (Å²) < 4.78 is 11.7. The van der Waals surface area contributed by atoms with Crippen molar-refractivity contribution < 1.29 is 14.3 Å². The molecule has 0 spiro atoms. The van der Waals surface area contributed by atoms with Gasteiger partial charge in [0.05, 0.1) is 32.2 Å². The Morgan fingerprint density at radius 2 is 1.83 bits per heavy atom. The van der Waals surface area contributed by atoms with E-state index in [4.69, 9.17) is 9.47 Å². The summed E-state index contributed by atoms with van der Waals surface area (Å²) in [6, 6.07) is 11.4. The standard InChI is InChI=1S/C20H23N5O4/c1-4-13(12-25-19(26)17-7-5-6-8-18(17)23-24-25)21-20(27)22-14-9-15(28-2)11-16(10-14)29-3/h5-11,13H,4,12H2,1-3H3,(H2,21,22,27). The minimum absolute atomic E-state index is 0.210. The van der Waals surface area contributed by atoms with Crippen LogP contribution in [0.2, 0.25) is 0 Å². The van der Waals surface area contributed by atoms with Gasteiger partial charge in [0.15, 0.2) is 0 Å². The SMILES string of the molecule is CCC(Cn1nnc2ccccc2c1=O)NC(=O)Nc1cc(OC)cc(OC)c1. The summed E-state index contributed by atoms with van der Waals surface area (Å²) in [5.41, 5.74) is 0.824. The Morgan fingerprint density at radius 3 is 2.48 bits per heavy atom. The normalized spacial score (nSPS) is 11.7. The van der Waals surface area contributed by atoms with Crippen molar-refractivity contribution in [3.63, 3.8) is 0 Å². The maximum absolute atomic E-state index is 12.6. The summed E-state index contributed by atoms with van der Waals surface area (Å²) in [5.74, 6) is 1.12. The zero-order valence-electron chi connectivity index (χ0n) is 16.5. The average Bonchev–Trinajstić information content (AvgIpc) is 2.74. The molecule has 29 heavy (non-hydrogen) atoms. The summed E-state index contributed by atoms with van der Waals surface area (Å²) >= 11 is 0. The molecule has 9 nitrogen and oxygen atoms in total. The largest absolute Gasteiger partial charge is 0.497 e. The van der Waals surface area contributed by atoms with Crippen LogP contribution in [0.25, 0.3) is 10.9 Å². The van der Waals surface area contributed by atoms with Gasteiger partial charge in [-0.3, -0.25) is 4.79 Å². The number of ether oxygens (including phenoxy) is 2. The molecule has 2 amide bonds. The predicted octanol–water partition coefficient (Wildman–Crippen LogP) is 2.41. The Kier molecular flexibility index (Phi) is 6.28. The molecule has 3 aromatic rings. The molecule has 0 saturated carbocycles. The van der Waals surface area contributed by atoms with E-state index in [9.17, 15) is 9.59 Å². The Morgan fingerprint density at radius 1 is 1.14 bits per heavy atom. The Labute approximate surface area is 167 Å². The Hall–Kier alpha value is -3.62. The van der Waals surface area contributed by atoms with E-state index in [1.807, 2.05) is 6.92 Å². The van der Waals surface area contributed by atoms with Crippen molar-refractivity contribution in [2.75, 3.05) is 19.5 Å². The van der Waals surface area contributed by atoms with Crippen LogP contribution in [0.1, 0.15) is 13.3 Å². The number of fused-ring (bicyclic) bond motifs is 1. The molecule has 1 aromatic heterocycles. The number of urea groups is 1. The molecule has 0 aliphatic carbocycles. The van der Waals surface area contributed by atoms with E-state index in [2.05, 4.69) is 20.9 Å². The highest BCUT2D eigenvalue weighted by molar-refractivity contribution is 5.90. The van der Waals surface area contributed by atoms with Gasteiger partial charge < -0.3 is 20.1 Å². The molecule has 0 fully saturated rings. The third kappa shape index (κ3) is 4.81. The van der Waals surface area contributed by atoms with Gasteiger partial charge in [0, 0.05) is 23.9 Å². The highest BCUT2D eigenvalue weighted by Crippen LogP contribution is 2.25. The lowest BCUT2D eigenvalue weighted by Crippen LogP contribution is -2.42. The van der Waals surface area contributed by atoms with Gasteiger partial charge in [-0.25, -0.2) is 9.48 Å². The molecular weight excluding hydrogens is 374 g/mol. The first kappa shape index (κ1) is 20.1. The van der Waals surface area contributed by atoms with E-state index in [0.29, 0.717) is 34.5 Å². The topological polar surface area (TPSA) is 107 Å². The number of methoxy groups -OCH3 is 2. The number of amides is 2. The molecule has 1 heterocycles. The second-order valence-corrected chi connectivity index (χ2v) is 6.40. The Bertz CT molecular complexity index is 1040. The second kappa shape index (κ2) is 9.05. The first-order chi connectivity index (χ1) is 14.0. The molecule has 1 unspecified atom stereocenters. The monoisotopic (exact) mass is 397 g/mol. The summed E-state index contributed by atoms with van der Waals surface area (Å²) in [4.78, 5) is 25.0. The maximum atomic E-state index is 12.6. The molecule has 152 valence electrons. The number of carbonyl (C=O) groups is 1. The van der Waals surface area contributed by atoms with Gasteiger partial charge in [-0.05, 0) is 18.6 Å². The maximum Gasteiger partial charge on any atom is 0.319 e. The van der Waals surface area contributed by atoms with Crippen LogP contribution in [0.15, 0.2) is 47.3 Å². The van der Waals surface area contributed by atoms with E-state index in [1.165, 1.54) is 18.9 Å². The smallest absolute Gasteiger partial charge is 0.319 e. The fourth-order valence-corrected chi connectivity index (χ4v) is 2.86. The molecule has 2 N–H and O–H groups in total. The zero-order chi connectivity index (χ0) is 20.8. The van der Waals surface area contributed by atoms with Crippen LogP contribution in [-0.2, 0) is 6.54 Å².